The Hall–Kier alpha value is -2.75. The van der Waals surface area contributed by atoms with Gasteiger partial charge in [-0.1, -0.05) is 12.1 Å². The molecule has 0 bridgehead atoms. The maximum Gasteiger partial charge on any atom is 0.128 e. The van der Waals surface area contributed by atoms with Crippen LogP contribution >= 0.6 is 0 Å². The number of H-pyrrole nitrogens is 1. The second-order valence-corrected chi connectivity index (χ2v) is 6.87. The van der Waals surface area contributed by atoms with Gasteiger partial charge in [0.1, 0.15) is 5.82 Å². The minimum Gasteiger partial charge on any atom is -0.380 e. The lowest BCUT2D eigenvalue weighted by Gasteiger charge is -2.19. The lowest BCUT2D eigenvalue weighted by molar-refractivity contribution is 0.442. The Morgan fingerprint density at radius 2 is 2.08 bits per heavy atom. The summed E-state index contributed by atoms with van der Waals surface area (Å²) in [7, 11) is 2.16. The van der Waals surface area contributed by atoms with Gasteiger partial charge in [0, 0.05) is 67.7 Å². The highest BCUT2D eigenvalue weighted by atomic mass is 15.2. The van der Waals surface area contributed by atoms with Gasteiger partial charge in [-0.15, -0.1) is 0 Å². The van der Waals surface area contributed by atoms with Crippen LogP contribution in [-0.2, 0) is 0 Å². The Morgan fingerprint density at radius 1 is 1.12 bits per heavy atom. The van der Waals surface area contributed by atoms with E-state index in [2.05, 4.69) is 64.4 Å². The molecule has 2 aliphatic heterocycles. The summed E-state index contributed by atoms with van der Waals surface area (Å²) in [5.41, 5.74) is 5.11. The van der Waals surface area contributed by atoms with Crippen LogP contribution < -0.4 is 4.90 Å². The van der Waals surface area contributed by atoms with Crippen LogP contribution in [0, 0.1) is 5.92 Å². The number of aromatic amines is 1. The fourth-order valence-corrected chi connectivity index (χ4v) is 4.05. The van der Waals surface area contributed by atoms with Crippen LogP contribution in [0.4, 0.5) is 5.82 Å². The quantitative estimate of drug-likeness (QED) is 0.786. The number of hydrogen-bond donors (Lipinski definition) is 1. The molecule has 1 unspecified atom stereocenters. The van der Waals surface area contributed by atoms with Crippen molar-refractivity contribution >= 4 is 16.7 Å². The van der Waals surface area contributed by atoms with Crippen LogP contribution in [0.5, 0.6) is 0 Å². The molecular weight excluding hydrogens is 296 g/mol. The molecule has 1 fully saturated rings. The number of benzene rings is 1. The number of pyridine rings is 1. The molecule has 4 heterocycles. The summed E-state index contributed by atoms with van der Waals surface area (Å²) in [5, 5.41) is 1.25. The van der Waals surface area contributed by atoms with Gasteiger partial charge in [-0.2, -0.15) is 0 Å². The topological polar surface area (TPSA) is 35.2 Å². The SMILES string of the molecule is CN1C=C2CN(c3ccc(-c4cccc5[nH]ccc45)cn3)CC2C1. The Labute approximate surface area is 141 Å². The van der Waals surface area contributed by atoms with Crippen LogP contribution in [-0.4, -0.2) is 41.5 Å². The van der Waals surface area contributed by atoms with Gasteiger partial charge in [0.15, 0.2) is 0 Å². The summed E-state index contributed by atoms with van der Waals surface area (Å²) in [6.45, 7) is 3.23. The largest absolute Gasteiger partial charge is 0.380 e. The first-order valence-electron chi connectivity index (χ1n) is 8.46. The number of rotatable bonds is 2. The van der Waals surface area contributed by atoms with E-state index in [4.69, 9.17) is 4.98 Å². The smallest absolute Gasteiger partial charge is 0.128 e. The number of aromatic nitrogens is 2. The molecule has 0 aliphatic carbocycles. The highest BCUT2D eigenvalue weighted by Gasteiger charge is 2.32. The van der Waals surface area contributed by atoms with Crippen molar-refractivity contribution in [2.75, 3.05) is 31.6 Å². The molecule has 1 atom stereocenters. The van der Waals surface area contributed by atoms with Gasteiger partial charge in [0.05, 0.1) is 0 Å². The lowest BCUT2D eigenvalue weighted by Crippen LogP contribution is -2.24. The predicted molar refractivity (Wildman–Crippen MR) is 97.9 cm³/mol. The number of hydrogen-bond acceptors (Lipinski definition) is 3. The average molecular weight is 316 g/mol. The Morgan fingerprint density at radius 3 is 2.92 bits per heavy atom. The van der Waals surface area contributed by atoms with Crippen molar-refractivity contribution in [3.05, 3.63) is 60.6 Å². The molecule has 24 heavy (non-hydrogen) atoms. The second kappa shape index (κ2) is 5.13. The average Bonchev–Trinajstić information content (AvgIpc) is 3.28. The summed E-state index contributed by atoms with van der Waals surface area (Å²) in [6, 6.07) is 12.8. The van der Waals surface area contributed by atoms with E-state index in [0.29, 0.717) is 5.92 Å². The zero-order chi connectivity index (χ0) is 16.1. The Balaban J connectivity index is 1.44. The van der Waals surface area contributed by atoms with E-state index >= 15 is 0 Å². The van der Waals surface area contributed by atoms with Gasteiger partial charge in [-0.3, -0.25) is 0 Å². The summed E-state index contributed by atoms with van der Waals surface area (Å²) in [6.07, 6.45) is 6.29. The first kappa shape index (κ1) is 13.7. The minimum atomic E-state index is 0.671. The van der Waals surface area contributed by atoms with Crippen LogP contribution in [0.15, 0.2) is 60.6 Å². The fourth-order valence-electron chi connectivity index (χ4n) is 4.05. The minimum absolute atomic E-state index is 0.671. The highest BCUT2D eigenvalue weighted by Crippen LogP contribution is 2.33. The van der Waals surface area contributed by atoms with Crippen LogP contribution in [0.1, 0.15) is 0 Å². The van der Waals surface area contributed by atoms with Crippen molar-refractivity contribution in [1.82, 2.24) is 14.9 Å². The first-order valence-corrected chi connectivity index (χ1v) is 8.46. The fraction of sp³-hybridized carbons (Fsp3) is 0.250. The molecule has 1 aromatic carbocycles. The third kappa shape index (κ3) is 2.10. The number of nitrogens with zero attached hydrogens (tertiary/aromatic N) is 3. The summed E-state index contributed by atoms with van der Waals surface area (Å²) in [5.74, 6) is 1.75. The third-order valence-electron chi connectivity index (χ3n) is 5.21. The molecule has 1 saturated heterocycles. The molecule has 0 amide bonds. The van der Waals surface area contributed by atoms with Gasteiger partial charge < -0.3 is 14.8 Å². The zero-order valence-corrected chi connectivity index (χ0v) is 13.7. The zero-order valence-electron chi connectivity index (χ0n) is 13.7. The van der Waals surface area contributed by atoms with E-state index in [9.17, 15) is 0 Å². The molecule has 0 radical (unpaired) electrons. The Bertz CT molecular complexity index is 922. The third-order valence-corrected chi connectivity index (χ3v) is 5.21. The van der Waals surface area contributed by atoms with Crippen molar-refractivity contribution in [2.45, 2.75) is 0 Å². The number of anilines is 1. The molecule has 4 heteroatoms. The van der Waals surface area contributed by atoms with Gasteiger partial charge in [-0.25, -0.2) is 4.98 Å². The monoisotopic (exact) mass is 316 g/mol. The van der Waals surface area contributed by atoms with Crippen molar-refractivity contribution in [3.8, 4) is 11.1 Å². The molecule has 2 aromatic heterocycles. The molecule has 0 saturated carbocycles. The standard InChI is InChI=1S/C20H20N4/c1-23-10-15-12-24(13-16(15)11-23)20-6-5-14(9-22-20)17-3-2-4-19-18(17)7-8-21-19/h2-10,16,21H,11-13H2,1H3. The molecule has 0 spiro atoms. The normalized spacial score (nSPS) is 19.9. The maximum absolute atomic E-state index is 4.75. The van der Waals surface area contributed by atoms with E-state index in [-0.39, 0.29) is 0 Å². The summed E-state index contributed by atoms with van der Waals surface area (Å²) in [4.78, 5) is 12.7. The first-order chi connectivity index (χ1) is 11.8. The van der Waals surface area contributed by atoms with E-state index in [0.717, 1.165) is 25.5 Å². The molecule has 120 valence electrons. The van der Waals surface area contributed by atoms with Crippen LogP contribution in [0.25, 0.3) is 22.0 Å². The van der Waals surface area contributed by atoms with Crippen molar-refractivity contribution in [1.29, 1.82) is 0 Å². The van der Waals surface area contributed by atoms with Crippen LogP contribution in [0.3, 0.4) is 0 Å². The van der Waals surface area contributed by atoms with Crippen molar-refractivity contribution in [2.24, 2.45) is 5.92 Å². The van der Waals surface area contributed by atoms with Crippen molar-refractivity contribution < 1.29 is 0 Å². The van der Waals surface area contributed by atoms with Crippen molar-refractivity contribution in [3.63, 3.8) is 0 Å². The lowest BCUT2D eigenvalue weighted by atomic mass is 10.0. The predicted octanol–water partition coefficient (Wildman–Crippen LogP) is 3.50. The second-order valence-electron chi connectivity index (χ2n) is 6.87. The van der Waals surface area contributed by atoms with E-state index < -0.39 is 0 Å². The molecule has 1 N–H and O–H groups in total. The van der Waals surface area contributed by atoms with Gasteiger partial charge in [0.2, 0.25) is 0 Å². The molecule has 5 rings (SSSR count). The van der Waals surface area contributed by atoms with E-state index in [1.54, 1.807) is 5.57 Å². The summed E-state index contributed by atoms with van der Waals surface area (Å²) < 4.78 is 0. The highest BCUT2D eigenvalue weighted by molar-refractivity contribution is 5.94. The number of nitrogens with one attached hydrogen (secondary N) is 1. The summed E-state index contributed by atoms with van der Waals surface area (Å²) >= 11 is 0. The molecule has 2 aliphatic rings. The Kier molecular flexibility index (Phi) is 2.92. The maximum atomic E-state index is 4.75. The van der Waals surface area contributed by atoms with Crippen LogP contribution in [0.2, 0.25) is 0 Å². The van der Waals surface area contributed by atoms with Gasteiger partial charge >= 0.3 is 0 Å². The van der Waals surface area contributed by atoms with E-state index in [1.807, 2.05) is 12.4 Å². The molecule has 3 aromatic rings. The number of fused-ring (bicyclic) bond motifs is 2. The van der Waals surface area contributed by atoms with Gasteiger partial charge in [-0.05, 0) is 35.4 Å². The molecule has 4 nitrogen and oxygen atoms in total. The molecular formula is C20H20N4. The van der Waals surface area contributed by atoms with E-state index in [1.165, 1.54) is 22.0 Å². The van der Waals surface area contributed by atoms with Gasteiger partial charge in [0.25, 0.3) is 0 Å².